The van der Waals surface area contributed by atoms with Crippen molar-refractivity contribution in [3.63, 3.8) is 0 Å². The van der Waals surface area contributed by atoms with Gasteiger partial charge in [-0.1, -0.05) is 12.2 Å². The molecule has 3 amide bonds. The number of allylic oxidation sites excluding steroid dienone is 1. The maximum atomic E-state index is 13.3. The van der Waals surface area contributed by atoms with E-state index in [2.05, 4.69) is 25.6 Å². The molecule has 2 aromatic heterocycles. The van der Waals surface area contributed by atoms with Gasteiger partial charge >= 0.3 is 0 Å². The number of hydrogen-bond donors (Lipinski definition) is 4. The van der Waals surface area contributed by atoms with Crippen LogP contribution in [-0.4, -0.2) is 92.9 Å². The van der Waals surface area contributed by atoms with Crippen molar-refractivity contribution in [3.8, 4) is 5.75 Å². The van der Waals surface area contributed by atoms with E-state index in [1.54, 1.807) is 52.6 Å². The van der Waals surface area contributed by atoms with E-state index in [0.717, 1.165) is 25.7 Å². The Morgan fingerprint density at radius 2 is 1.84 bits per heavy atom. The van der Waals surface area contributed by atoms with Gasteiger partial charge in [-0.3, -0.25) is 39.4 Å². The average molecular weight is 689 g/mol. The summed E-state index contributed by atoms with van der Waals surface area (Å²) >= 11 is 0. The predicted octanol–water partition coefficient (Wildman–Crippen LogP) is 2.69. The van der Waals surface area contributed by atoms with Crippen molar-refractivity contribution in [3.05, 3.63) is 81.2 Å². The Morgan fingerprint density at radius 1 is 1.08 bits per heavy atom. The largest absolute Gasteiger partial charge is 0.491 e. The van der Waals surface area contributed by atoms with E-state index in [4.69, 9.17) is 20.9 Å². The Hall–Kier alpha value is -5.81. The van der Waals surface area contributed by atoms with Crippen LogP contribution in [0.5, 0.6) is 5.75 Å². The highest BCUT2D eigenvalue weighted by atomic mass is 16.6. The molecule has 0 unspecified atom stereocenters. The summed E-state index contributed by atoms with van der Waals surface area (Å²) in [5, 5.41) is 22.3. The van der Waals surface area contributed by atoms with Gasteiger partial charge in [0.05, 0.1) is 41.5 Å². The Balaban J connectivity index is 1.34. The first kappa shape index (κ1) is 35.5. The number of nitrogens with zero attached hydrogens (tertiary/aromatic N) is 6. The predicted molar refractivity (Wildman–Crippen MR) is 185 cm³/mol. The first-order valence-electron chi connectivity index (χ1n) is 16.2. The summed E-state index contributed by atoms with van der Waals surface area (Å²) in [5.74, 6) is -1.46. The summed E-state index contributed by atoms with van der Waals surface area (Å²) in [5.41, 5.74) is 13.1. The smallest absolute Gasteiger partial charge is 0.296 e. The van der Waals surface area contributed by atoms with Gasteiger partial charge in [0.25, 0.3) is 11.6 Å². The van der Waals surface area contributed by atoms with Gasteiger partial charge in [0.2, 0.25) is 17.8 Å². The maximum absolute atomic E-state index is 13.3. The molecule has 1 aliphatic heterocycles. The van der Waals surface area contributed by atoms with Crippen LogP contribution in [0, 0.1) is 17.0 Å². The van der Waals surface area contributed by atoms with Gasteiger partial charge in [-0.15, -0.1) is 0 Å². The lowest BCUT2D eigenvalue weighted by molar-refractivity contribution is -0.384. The van der Waals surface area contributed by atoms with Crippen LogP contribution in [0.3, 0.4) is 0 Å². The molecule has 0 atom stereocenters. The van der Waals surface area contributed by atoms with Gasteiger partial charge in [-0.05, 0) is 50.6 Å². The number of fused-ring (bicyclic) bond motifs is 1. The molecule has 1 saturated heterocycles. The molecular weight excluding hydrogens is 648 g/mol. The van der Waals surface area contributed by atoms with E-state index in [0.29, 0.717) is 48.6 Å². The summed E-state index contributed by atoms with van der Waals surface area (Å²) in [6.45, 7) is 8.58. The van der Waals surface area contributed by atoms with Gasteiger partial charge in [-0.2, -0.15) is 5.10 Å². The molecule has 264 valence electrons. The Kier molecular flexibility index (Phi) is 11.4. The highest BCUT2D eigenvalue weighted by Crippen LogP contribution is 2.36. The zero-order chi connectivity index (χ0) is 35.8. The second-order valence-corrected chi connectivity index (χ2v) is 11.6. The van der Waals surface area contributed by atoms with E-state index in [9.17, 15) is 24.5 Å². The van der Waals surface area contributed by atoms with Crippen LogP contribution in [0.25, 0.3) is 11.0 Å². The van der Waals surface area contributed by atoms with Crippen LogP contribution in [-0.2, 0) is 17.8 Å². The van der Waals surface area contributed by atoms with Crippen LogP contribution in [0.2, 0.25) is 0 Å². The van der Waals surface area contributed by atoms with Crippen molar-refractivity contribution in [1.82, 2.24) is 24.2 Å². The normalized spacial score (nSPS) is 13.5. The number of nitro groups is 1. The SMILES string of the molecule is CCn1nc(C)cc1C(=O)Nc1nc2cc(C(N)=O)ccc2n1CC=CCNc1c(OCCCN2CCOCC2)cc(C(N)=O)cc1[N+](=O)[O-]. The lowest BCUT2D eigenvalue weighted by atomic mass is 10.1. The monoisotopic (exact) mass is 688 g/mol. The molecule has 0 saturated carbocycles. The molecule has 5 rings (SSSR count). The van der Waals surface area contributed by atoms with E-state index in [1.165, 1.54) is 6.07 Å². The van der Waals surface area contributed by atoms with Gasteiger partial charge in [-0.25, -0.2) is 4.98 Å². The number of imidazole rings is 1. The number of ether oxygens (including phenoxy) is 2. The number of amides is 3. The lowest BCUT2D eigenvalue weighted by Crippen LogP contribution is -2.37. The van der Waals surface area contributed by atoms with Crippen LogP contribution in [0.1, 0.15) is 50.2 Å². The van der Waals surface area contributed by atoms with Gasteiger partial charge in [0, 0.05) is 56.5 Å². The molecule has 2 aromatic carbocycles. The molecule has 0 bridgehead atoms. The van der Waals surface area contributed by atoms with Crippen molar-refractivity contribution in [2.45, 2.75) is 33.4 Å². The number of nitrogens with two attached hydrogens (primary N) is 2. The first-order valence-corrected chi connectivity index (χ1v) is 16.2. The number of nitrogens with one attached hydrogen (secondary N) is 2. The quantitative estimate of drug-likeness (QED) is 0.0579. The van der Waals surface area contributed by atoms with Crippen molar-refractivity contribution >= 4 is 46.1 Å². The van der Waals surface area contributed by atoms with Gasteiger partial charge < -0.3 is 30.8 Å². The maximum Gasteiger partial charge on any atom is 0.296 e. The Morgan fingerprint density at radius 3 is 2.54 bits per heavy atom. The van der Waals surface area contributed by atoms with E-state index in [1.807, 2.05) is 6.92 Å². The van der Waals surface area contributed by atoms with Gasteiger partial charge in [0.15, 0.2) is 5.69 Å². The number of anilines is 2. The third-order valence-corrected chi connectivity index (χ3v) is 8.09. The molecule has 0 radical (unpaired) electrons. The molecule has 17 heteroatoms. The number of primary amides is 2. The average Bonchev–Trinajstić information content (AvgIpc) is 3.65. The number of aryl methyl sites for hydroxylation is 2. The summed E-state index contributed by atoms with van der Waals surface area (Å²) < 4.78 is 14.7. The highest BCUT2D eigenvalue weighted by Gasteiger charge is 2.23. The number of carbonyl (C=O) groups is 3. The Bertz CT molecular complexity index is 1930. The van der Waals surface area contributed by atoms with Crippen LogP contribution in [0.4, 0.5) is 17.3 Å². The molecule has 1 aliphatic rings. The highest BCUT2D eigenvalue weighted by molar-refractivity contribution is 6.03. The number of benzene rings is 2. The molecule has 6 N–H and O–H groups in total. The van der Waals surface area contributed by atoms with Crippen LogP contribution in [0.15, 0.2) is 48.6 Å². The fourth-order valence-electron chi connectivity index (χ4n) is 5.60. The minimum atomic E-state index is -0.814. The standard InChI is InChI=1S/C33H40N10O7/c1-3-42-27(17-21(2)39-42)32(46)38-33-37-24-18-22(30(34)44)7-8-25(24)41(33)11-5-4-9-36-29-26(43(47)48)19-23(31(35)45)20-28(29)50-14-6-10-40-12-15-49-16-13-40/h4-5,7-8,17-20,36H,3,6,9-16H2,1-2H3,(H2,34,44)(H2,35,45)(H,37,38,46). The van der Waals surface area contributed by atoms with Crippen molar-refractivity contribution in [1.29, 1.82) is 0 Å². The van der Waals surface area contributed by atoms with Crippen LogP contribution < -0.4 is 26.8 Å². The number of carbonyl (C=O) groups excluding carboxylic acids is 3. The minimum absolute atomic E-state index is 0.0424. The molecule has 3 heterocycles. The molecule has 1 fully saturated rings. The molecule has 0 spiro atoms. The van der Waals surface area contributed by atoms with Gasteiger partial charge in [0.1, 0.15) is 11.4 Å². The summed E-state index contributed by atoms with van der Waals surface area (Å²) in [6.07, 6.45) is 4.20. The van der Waals surface area contributed by atoms with Crippen molar-refractivity contribution < 1.29 is 28.8 Å². The van der Waals surface area contributed by atoms with Crippen molar-refractivity contribution in [2.75, 3.05) is 56.6 Å². The summed E-state index contributed by atoms with van der Waals surface area (Å²) in [4.78, 5) is 55.3. The molecule has 0 aliphatic carbocycles. The number of morpholine rings is 1. The lowest BCUT2D eigenvalue weighted by Gasteiger charge is -2.26. The molecule has 17 nitrogen and oxygen atoms in total. The zero-order valence-corrected chi connectivity index (χ0v) is 27.9. The topological polar surface area (TPSA) is 228 Å². The Labute approximate surface area is 287 Å². The fraction of sp³-hybridized carbons (Fsp3) is 0.364. The summed E-state index contributed by atoms with van der Waals surface area (Å²) in [6, 6.07) is 9.01. The second kappa shape index (κ2) is 16.1. The second-order valence-electron chi connectivity index (χ2n) is 11.6. The van der Waals surface area contributed by atoms with E-state index >= 15 is 0 Å². The summed E-state index contributed by atoms with van der Waals surface area (Å²) in [7, 11) is 0. The molecule has 50 heavy (non-hydrogen) atoms. The van der Waals surface area contributed by atoms with E-state index < -0.39 is 22.6 Å². The number of nitro benzene ring substituents is 1. The fourth-order valence-corrected chi connectivity index (χ4v) is 5.60. The molecule has 4 aromatic rings. The van der Waals surface area contributed by atoms with Crippen molar-refractivity contribution in [2.24, 2.45) is 11.5 Å². The number of aromatic nitrogens is 4. The number of rotatable bonds is 16. The third kappa shape index (κ3) is 8.42. The van der Waals surface area contributed by atoms with E-state index in [-0.39, 0.29) is 53.9 Å². The van der Waals surface area contributed by atoms with Crippen LogP contribution >= 0.6 is 0 Å². The number of hydrogen-bond acceptors (Lipinski definition) is 11. The zero-order valence-electron chi connectivity index (χ0n) is 27.9. The molecular formula is C33H40N10O7. The third-order valence-electron chi connectivity index (χ3n) is 8.09. The minimum Gasteiger partial charge on any atom is -0.491 e. The first-order chi connectivity index (χ1) is 24.0.